The molecule has 6 heteroatoms. The van der Waals surface area contributed by atoms with Crippen molar-refractivity contribution in [3.8, 4) is 11.5 Å². The van der Waals surface area contributed by atoms with Crippen LogP contribution in [0.25, 0.3) is 21.9 Å². The molecule has 1 heterocycles. The fraction of sp³-hybridized carbons (Fsp3) is 0.304. The topological polar surface area (TPSA) is 75.0 Å². The number of carbonyl (C=O) groups is 1. The van der Waals surface area contributed by atoms with Crippen molar-refractivity contribution in [3.63, 3.8) is 0 Å². The van der Waals surface area contributed by atoms with Gasteiger partial charge in [-0.05, 0) is 50.6 Å². The van der Waals surface area contributed by atoms with Crippen LogP contribution >= 0.6 is 0 Å². The number of esters is 1. The minimum atomic E-state index is -0.447. The van der Waals surface area contributed by atoms with Crippen molar-refractivity contribution in [2.45, 2.75) is 34.3 Å². The quantitative estimate of drug-likeness (QED) is 0.342. The smallest absolute Gasteiger partial charge is 0.302 e. The van der Waals surface area contributed by atoms with E-state index >= 15 is 0 Å². The Morgan fingerprint density at radius 2 is 1.90 bits per heavy atom. The second-order valence-corrected chi connectivity index (χ2v) is 7.01. The highest BCUT2D eigenvalue weighted by Crippen LogP contribution is 2.34. The van der Waals surface area contributed by atoms with Crippen LogP contribution in [0.15, 0.2) is 45.1 Å². The molecule has 0 bridgehead atoms. The van der Waals surface area contributed by atoms with E-state index in [1.54, 1.807) is 24.3 Å². The fourth-order valence-electron chi connectivity index (χ4n) is 3.20. The lowest BCUT2D eigenvalue weighted by molar-refractivity contribution is -0.142. The molecule has 0 saturated carbocycles. The standard InChI is InChI=1S/C23H24O6/c1-13(2)9-10-27-23-14(3)11-19-20(16(23)12-28-15(4)24)22(25)21-17(26-5)7-6-8-18(21)29-19/h6-9,11H,10,12H2,1-5H3. The van der Waals surface area contributed by atoms with E-state index in [-0.39, 0.29) is 12.0 Å². The molecule has 0 fully saturated rings. The van der Waals surface area contributed by atoms with Gasteiger partial charge in [-0.2, -0.15) is 0 Å². The molecular weight excluding hydrogens is 372 g/mol. The van der Waals surface area contributed by atoms with Gasteiger partial charge in [0.1, 0.15) is 41.3 Å². The molecule has 0 aliphatic rings. The third-order valence-electron chi connectivity index (χ3n) is 4.55. The monoisotopic (exact) mass is 396 g/mol. The van der Waals surface area contributed by atoms with Gasteiger partial charge in [-0.25, -0.2) is 0 Å². The maximum Gasteiger partial charge on any atom is 0.302 e. The molecule has 0 spiro atoms. The zero-order valence-corrected chi connectivity index (χ0v) is 17.3. The average molecular weight is 396 g/mol. The predicted molar refractivity (Wildman–Crippen MR) is 112 cm³/mol. The van der Waals surface area contributed by atoms with Gasteiger partial charge in [0, 0.05) is 12.5 Å². The van der Waals surface area contributed by atoms with E-state index in [0.717, 1.165) is 11.1 Å². The van der Waals surface area contributed by atoms with Crippen molar-refractivity contribution in [3.05, 3.63) is 57.3 Å². The first kappa shape index (κ1) is 20.5. The van der Waals surface area contributed by atoms with Gasteiger partial charge in [-0.15, -0.1) is 0 Å². The number of hydrogen-bond acceptors (Lipinski definition) is 6. The number of rotatable bonds is 6. The summed E-state index contributed by atoms with van der Waals surface area (Å²) in [7, 11) is 1.50. The molecule has 0 atom stereocenters. The average Bonchev–Trinajstić information content (AvgIpc) is 2.66. The van der Waals surface area contributed by atoms with E-state index in [2.05, 4.69) is 0 Å². The van der Waals surface area contributed by atoms with Gasteiger partial charge in [-0.1, -0.05) is 11.6 Å². The number of carbonyl (C=O) groups excluding carboxylic acids is 1. The summed E-state index contributed by atoms with van der Waals surface area (Å²) >= 11 is 0. The molecule has 0 saturated heterocycles. The molecule has 6 nitrogen and oxygen atoms in total. The van der Waals surface area contributed by atoms with Crippen molar-refractivity contribution in [2.24, 2.45) is 0 Å². The summed E-state index contributed by atoms with van der Waals surface area (Å²) in [6, 6.07) is 6.96. The summed E-state index contributed by atoms with van der Waals surface area (Å²) < 4.78 is 22.6. The van der Waals surface area contributed by atoms with Crippen molar-refractivity contribution in [2.75, 3.05) is 13.7 Å². The SMILES string of the molecule is COc1cccc2oc3cc(C)c(OCC=C(C)C)c(COC(C)=O)c3c(=O)c12. The third-order valence-corrected chi connectivity index (χ3v) is 4.55. The lowest BCUT2D eigenvalue weighted by Gasteiger charge is -2.16. The van der Waals surface area contributed by atoms with Crippen LogP contribution in [-0.4, -0.2) is 19.7 Å². The van der Waals surface area contributed by atoms with Gasteiger partial charge in [0.15, 0.2) is 0 Å². The normalized spacial score (nSPS) is 10.8. The molecule has 2 aromatic carbocycles. The first-order valence-electron chi connectivity index (χ1n) is 9.29. The first-order valence-corrected chi connectivity index (χ1v) is 9.29. The summed E-state index contributed by atoms with van der Waals surface area (Å²) in [5, 5.41) is 0.659. The van der Waals surface area contributed by atoms with E-state index in [0.29, 0.717) is 45.6 Å². The van der Waals surface area contributed by atoms with Crippen molar-refractivity contribution in [1.82, 2.24) is 0 Å². The van der Waals surface area contributed by atoms with Crippen LogP contribution in [0, 0.1) is 6.92 Å². The summed E-state index contributed by atoms with van der Waals surface area (Å²) in [5.74, 6) is 0.486. The number of ether oxygens (including phenoxy) is 3. The fourth-order valence-corrected chi connectivity index (χ4v) is 3.20. The number of methoxy groups -OCH3 is 1. The highest BCUT2D eigenvalue weighted by molar-refractivity contribution is 5.96. The minimum Gasteiger partial charge on any atom is -0.496 e. The summed E-state index contributed by atoms with van der Waals surface area (Å²) in [5.41, 5.74) is 2.96. The molecule has 152 valence electrons. The first-order chi connectivity index (χ1) is 13.8. The Kier molecular flexibility index (Phi) is 5.92. The Hall–Kier alpha value is -3.28. The van der Waals surface area contributed by atoms with Crippen LogP contribution in [0.4, 0.5) is 0 Å². The maximum atomic E-state index is 13.4. The van der Waals surface area contributed by atoms with Crippen LogP contribution < -0.4 is 14.9 Å². The van der Waals surface area contributed by atoms with E-state index in [1.165, 1.54) is 14.0 Å². The molecule has 0 N–H and O–H groups in total. The van der Waals surface area contributed by atoms with E-state index < -0.39 is 5.97 Å². The van der Waals surface area contributed by atoms with Gasteiger partial charge in [0.05, 0.1) is 12.5 Å². The van der Waals surface area contributed by atoms with Crippen molar-refractivity contribution >= 4 is 27.9 Å². The molecule has 3 rings (SSSR count). The van der Waals surface area contributed by atoms with Crippen molar-refractivity contribution in [1.29, 1.82) is 0 Å². The van der Waals surface area contributed by atoms with Crippen LogP contribution in [0.5, 0.6) is 11.5 Å². The van der Waals surface area contributed by atoms with Gasteiger partial charge in [0.25, 0.3) is 0 Å². The van der Waals surface area contributed by atoms with Gasteiger partial charge < -0.3 is 18.6 Å². The molecule has 0 unspecified atom stereocenters. The Balaban J connectivity index is 2.33. The Morgan fingerprint density at radius 1 is 1.14 bits per heavy atom. The lowest BCUT2D eigenvalue weighted by atomic mass is 10.0. The second kappa shape index (κ2) is 8.39. The second-order valence-electron chi connectivity index (χ2n) is 7.01. The number of benzene rings is 2. The van der Waals surface area contributed by atoms with E-state index in [9.17, 15) is 9.59 Å². The van der Waals surface area contributed by atoms with Crippen LogP contribution in [0.2, 0.25) is 0 Å². The zero-order chi connectivity index (χ0) is 21.1. The molecule has 29 heavy (non-hydrogen) atoms. The van der Waals surface area contributed by atoms with Crippen LogP contribution in [0.1, 0.15) is 31.9 Å². The summed E-state index contributed by atoms with van der Waals surface area (Å²) in [6.45, 7) is 7.38. The molecule has 1 aromatic heterocycles. The van der Waals surface area contributed by atoms with E-state index in [4.69, 9.17) is 18.6 Å². The van der Waals surface area contributed by atoms with E-state index in [1.807, 2.05) is 26.8 Å². The van der Waals surface area contributed by atoms with Crippen LogP contribution in [-0.2, 0) is 16.1 Å². The summed E-state index contributed by atoms with van der Waals surface area (Å²) in [6.07, 6.45) is 1.94. The van der Waals surface area contributed by atoms with Gasteiger partial charge in [-0.3, -0.25) is 9.59 Å². The number of hydrogen-bond donors (Lipinski definition) is 0. The zero-order valence-electron chi connectivity index (χ0n) is 17.3. The Bertz CT molecular complexity index is 1170. The minimum absolute atomic E-state index is 0.0942. The molecule has 3 aromatic rings. The number of aryl methyl sites for hydroxylation is 1. The lowest BCUT2D eigenvalue weighted by Crippen LogP contribution is -2.11. The van der Waals surface area contributed by atoms with Crippen molar-refractivity contribution < 1.29 is 23.4 Å². The molecule has 0 radical (unpaired) electrons. The largest absolute Gasteiger partial charge is 0.496 e. The highest BCUT2D eigenvalue weighted by atomic mass is 16.5. The molecule has 0 aliphatic heterocycles. The summed E-state index contributed by atoms with van der Waals surface area (Å²) in [4.78, 5) is 24.9. The molecular formula is C23H24O6. The maximum absolute atomic E-state index is 13.4. The van der Waals surface area contributed by atoms with Crippen LogP contribution in [0.3, 0.4) is 0 Å². The molecule has 0 amide bonds. The Morgan fingerprint density at radius 3 is 2.55 bits per heavy atom. The Labute approximate surface area is 168 Å². The third kappa shape index (κ3) is 4.11. The van der Waals surface area contributed by atoms with Gasteiger partial charge in [0.2, 0.25) is 5.43 Å². The number of fused-ring (bicyclic) bond motifs is 2. The van der Waals surface area contributed by atoms with Gasteiger partial charge >= 0.3 is 5.97 Å². The predicted octanol–water partition coefficient (Wildman–Crippen LogP) is 4.67. The molecule has 0 aliphatic carbocycles. The number of allylic oxidation sites excluding steroid dienone is 1. The highest BCUT2D eigenvalue weighted by Gasteiger charge is 2.21.